The zero-order chi connectivity index (χ0) is 9.26. The number of hydrogen-bond acceptors (Lipinski definition) is 0. The van der Waals surface area contributed by atoms with Crippen LogP contribution in [0.4, 0.5) is 0 Å². The molecule has 2 bridgehead atoms. The third kappa shape index (κ3) is 1.29. The van der Waals surface area contributed by atoms with E-state index in [4.69, 9.17) is 0 Å². The van der Waals surface area contributed by atoms with Crippen molar-refractivity contribution in [2.45, 2.75) is 44.9 Å². The maximum absolute atomic E-state index is 2.32. The number of benzene rings is 1. The highest BCUT2D eigenvalue weighted by molar-refractivity contribution is 5.40. The van der Waals surface area contributed by atoms with Crippen LogP contribution in [0.3, 0.4) is 0 Å². The summed E-state index contributed by atoms with van der Waals surface area (Å²) in [6.07, 6.45) is 4.34. The first-order valence-corrected chi connectivity index (χ1v) is 5.54. The molecule has 1 aromatic carbocycles. The molecule has 0 radical (unpaired) electrons. The van der Waals surface area contributed by atoms with E-state index in [1.54, 1.807) is 11.1 Å². The largest absolute Gasteiger partial charge is 0.0683 e. The fourth-order valence-electron chi connectivity index (χ4n) is 2.80. The highest BCUT2D eigenvalue weighted by atomic mass is 14.4. The lowest BCUT2D eigenvalue weighted by atomic mass is 9.92. The molecule has 2 unspecified atom stereocenters. The normalized spacial score (nSPS) is 27.8. The summed E-state index contributed by atoms with van der Waals surface area (Å²) in [5.74, 6) is 1.85. The summed E-state index contributed by atoms with van der Waals surface area (Å²) >= 11 is 0. The summed E-state index contributed by atoms with van der Waals surface area (Å²) in [6, 6.07) is 9.00. The van der Waals surface area contributed by atoms with Crippen molar-refractivity contribution >= 4 is 0 Å². The Morgan fingerprint density at radius 3 is 1.85 bits per heavy atom. The quantitative estimate of drug-likeness (QED) is 0.556. The van der Waals surface area contributed by atoms with Gasteiger partial charge in [0.2, 0.25) is 0 Å². The van der Waals surface area contributed by atoms with E-state index in [1.165, 1.54) is 19.3 Å². The van der Waals surface area contributed by atoms with Crippen LogP contribution in [-0.2, 0) is 0 Å². The predicted molar refractivity (Wildman–Crippen MR) is 57.1 cm³/mol. The van der Waals surface area contributed by atoms with Crippen molar-refractivity contribution in [2.24, 2.45) is 0 Å². The molecule has 70 valence electrons. The van der Waals surface area contributed by atoms with Crippen LogP contribution in [0.2, 0.25) is 0 Å². The summed E-state index contributed by atoms with van der Waals surface area (Å²) in [6.45, 7) is 4.00. The molecule has 2 atom stereocenters. The van der Waals surface area contributed by atoms with Crippen molar-refractivity contribution in [3.05, 3.63) is 35.4 Å². The highest BCUT2D eigenvalue weighted by Gasteiger charge is 2.35. The van der Waals surface area contributed by atoms with Gasteiger partial charge in [0.15, 0.2) is 0 Å². The Hall–Kier alpha value is -0.780. The van der Waals surface area contributed by atoms with Crippen molar-refractivity contribution in [2.75, 3.05) is 0 Å². The van der Waals surface area contributed by atoms with Crippen LogP contribution in [-0.4, -0.2) is 0 Å². The Morgan fingerprint density at radius 1 is 0.923 bits per heavy atom. The molecular formula is C13H18. The van der Waals surface area contributed by atoms with Crippen LogP contribution in [0.25, 0.3) is 0 Å². The Labute approximate surface area is 81.0 Å². The molecule has 2 aliphatic rings. The smallest absolute Gasteiger partial charge is 0.0153 e. The van der Waals surface area contributed by atoms with E-state index >= 15 is 0 Å². The van der Waals surface area contributed by atoms with E-state index in [0.717, 1.165) is 11.8 Å². The van der Waals surface area contributed by atoms with Gasteiger partial charge in [-0.25, -0.2) is 0 Å². The average Bonchev–Trinajstić information content (AvgIpc) is 2.82. The van der Waals surface area contributed by atoms with Crippen molar-refractivity contribution in [3.63, 3.8) is 0 Å². The lowest BCUT2D eigenvalue weighted by Crippen LogP contribution is -1.95. The Kier molecular flexibility index (Phi) is 2.39. The minimum Gasteiger partial charge on any atom is -0.0683 e. The van der Waals surface area contributed by atoms with E-state index in [-0.39, 0.29) is 0 Å². The fraction of sp³-hybridized carbons (Fsp3) is 0.538. The second-order valence-corrected chi connectivity index (χ2v) is 3.84. The van der Waals surface area contributed by atoms with Gasteiger partial charge in [-0.05, 0) is 42.2 Å². The lowest BCUT2D eigenvalue weighted by molar-refractivity contribution is 0.717. The molecule has 13 heavy (non-hydrogen) atoms. The Bertz CT molecular complexity index is 259. The van der Waals surface area contributed by atoms with Crippen LogP contribution in [0.1, 0.15) is 56.1 Å². The van der Waals surface area contributed by atoms with Gasteiger partial charge < -0.3 is 0 Å². The lowest BCUT2D eigenvalue weighted by Gasteiger charge is -2.13. The van der Waals surface area contributed by atoms with Gasteiger partial charge in [-0.1, -0.05) is 38.1 Å². The maximum atomic E-state index is 2.32. The van der Waals surface area contributed by atoms with E-state index < -0.39 is 0 Å². The molecule has 3 rings (SSSR count). The van der Waals surface area contributed by atoms with Crippen LogP contribution >= 0.6 is 0 Å². The van der Waals surface area contributed by atoms with Crippen molar-refractivity contribution in [3.8, 4) is 0 Å². The third-order valence-electron chi connectivity index (χ3n) is 3.31. The molecule has 0 heterocycles. The topological polar surface area (TPSA) is 0 Å². The Morgan fingerprint density at radius 2 is 1.38 bits per heavy atom. The summed E-state index contributed by atoms with van der Waals surface area (Å²) in [7, 11) is 0. The Balaban J connectivity index is 0.000000308. The van der Waals surface area contributed by atoms with Crippen molar-refractivity contribution < 1.29 is 0 Å². The van der Waals surface area contributed by atoms with Gasteiger partial charge in [0.05, 0.1) is 0 Å². The highest BCUT2D eigenvalue weighted by Crippen LogP contribution is 2.52. The molecule has 0 aliphatic heterocycles. The molecule has 2 aliphatic carbocycles. The van der Waals surface area contributed by atoms with Crippen molar-refractivity contribution in [1.82, 2.24) is 0 Å². The van der Waals surface area contributed by atoms with Gasteiger partial charge >= 0.3 is 0 Å². The standard InChI is InChI=1S/C11H12.C2H6/c1-2-4-11-9-6-5-8(7-9)10(11)3-1;1-2/h1-4,8-9H,5-7H2;1-2H3. The molecule has 1 aromatic rings. The van der Waals surface area contributed by atoms with Crippen LogP contribution in [0.15, 0.2) is 24.3 Å². The molecule has 0 heteroatoms. The number of rotatable bonds is 0. The molecular weight excluding hydrogens is 156 g/mol. The number of hydrogen-bond donors (Lipinski definition) is 0. The first-order valence-electron chi connectivity index (χ1n) is 5.54. The third-order valence-corrected chi connectivity index (χ3v) is 3.31. The molecule has 0 nitrogen and oxygen atoms in total. The van der Waals surface area contributed by atoms with Crippen LogP contribution in [0, 0.1) is 0 Å². The van der Waals surface area contributed by atoms with Gasteiger partial charge in [-0.3, -0.25) is 0 Å². The van der Waals surface area contributed by atoms with Gasteiger partial charge in [0, 0.05) is 0 Å². The van der Waals surface area contributed by atoms with Gasteiger partial charge in [0.25, 0.3) is 0 Å². The first-order chi connectivity index (χ1) is 6.45. The molecule has 0 amide bonds. The van der Waals surface area contributed by atoms with E-state index in [9.17, 15) is 0 Å². The molecule has 1 fully saturated rings. The molecule has 0 N–H and O–H groups in total. The summed E-state index contributed by atoms with van der Waals surface area (Å²) in [5.41, 5.74) is 3.31. The van der Waals surface area contributed by atoms with Gasteiger partial charge in [-0.15, -0.1) is 0 Å². The minimum absolute atomic E-state index is 0.927. The van der Waals surface area contributed by atoms with E-state index in [2.05, 4.69) is 24.3 Å². The first kappa shape index (κ1) is 8.80. The average molecular weight is 174 g/mol. The molecule has 0 saturated heterocycles. The zero-order valence-corrected chi connectivity index (χ0v) is 8.59. The molecule has 0 spiro atoms. The van der Waals surface area contributed by atoms with Crippen molar-refractivity contribution in [1.29, 1.82) is 0 Å². The monoisotopic (exact) mass is 174 g/mol. The van der Waals surface area contributed by atoms with E-state index in [0.29, 0.717) is 0 Å². The van der Waals surface area contributed by atoms with Gasteiger partial charge in [-0.2, -0.15) is 0 Å². The second-order valence-electron chi connectivity index (χ2n) is 3.84. The number of fused-ring (bicyclic) bond motifs is 5. The fourth-order valence-corrected chi connectivity index (χ4v) is 2.80. The van der Waals surface area contributed by atoms with Gasteiger partial charge in [0.1, 0.15) is 0 Å². The molecule has 1 saturated carbocycles. The van der Waals surface area contributed by atoms with Crippen LogP contribution < -0.4 is 0 Å². The summed E-state index contributed by atoms with van der Waals surface area (Å²) < 4.78 is 0. The second kappa shape index (κ2) is 3.53. The predicted octanol–water partition coefficient (Wildman–Crippen LogP) is 4.08. The summed E-state index contributed by atoms with van der Waals surface area (Å²) in [4.78, 5) is 0. The minimum atomic E-state index is 0.927. The summed E-state index contributed by atoms with van der Waals surface area (Å²) in [5, 5.41) is 0. The maximum Gasteiger partial charge on any atom is -0.0153 e. The SMILES string of the molecule is CC.c1ccc2c(c1)C1CCC2C1. The van der Waals surface area contributed by atoms with Crippen LogP contribution in [0.5, 0.6) is 0 Å². The zero-order valence-electron chi connectivity index (χ0n) is 8.59. The van der Waals surface area contributed by atoms with E-state index in [1.807, 2.05) is 13.8 Å². The molecule has 0 aromatic heterocycles.